The number of thiophene rings is 1. The first-order valence-corrected chi connectivity index (χ1v) is 6.45. The van der Waals surface area contributed by atoms with Gasteiger partial charge in [0.2, 0.25) is 0 Å². The van der Waals surface area contributed by atoms with Gasteiger partial charge in [0.05, 0.1) is 16.9 Å². The molecule has 0 radical (unpaired) electrons. The highest BCUT2D eigenvalue weighted by atomic mass is 32.1. The van der Waals surface area contributed by atoms with Crippen LogP contribution in [0.25, 0.3) is 0 Å². The fraction of sp³-hybridized carbons (Fsp3) is 0.0769. The third-order valence-electron chi connectivity index (χ3n) is 2.51. The summed E-state index contributed by atoms with van der Waals surface area (Å²) in [4.78, 5) is 22.9. The van der Waals surface area contributed by atoms with Gasteiger partial charge in [0.15, 0.2) is 0 Å². The van der Waals surface area contributed by atoms with Crippen LogP contribution in [-0.2, 0) is 0 Å². The molecule has 2 rings (SSSR count). The van der Waals surface area contributed by atoms with E-state index in [1.165, 1.54) is 11.3 Å². The Morgan fingerprint density at radius 3 is 2.63 bits per heavy atom. The van der Waals surface area contributed by atoms with Crippen LogP contribution in [0.15, 0.2) is 35.0 Å². The molecule has 98 valence electrons. The van der Waals surface area contributed by atoms with Gasteiger partial charge in [0, 0.05) is 5.38 Å². The number of carbonyl (C=O) groups is 2. The number of anilines is 2. The summed E-state index contributed by atoms with van der Waals surface area (Å²) in [5.74, 6) is -1.07. The Morgan fingerprint density at radius 2 is 2.00 bits per heavy atom. The first-order valence-electron chi connectivity index (χ1n) is 5.51. The molecule has 0 fully saturated rings. The van der Waals surface area contributed by atoms with E-state index in [2.05, 4.69) is 10.6 Å². The van der Waals surface area contributed by atoms with Crippen LogP contribution in [0.1, 0.15) is 15.9 Å². The van der Waals surface area contributed by atoms with Gasteiger partial charge in [0.25, 0.3) is 0 Å². The molecule has 0 aliphatic carbocycles. The van der Waals surface area contributed by atoms with Crippen LogP contribution >= 0.6 is 11.3 Å². The Morgan fingerprint density at radius 1 is 1.21 bits per heavy atom. The predicted octanol–water partition coefficient (Wildman–Crippen LogP) is 3.40. The normalized spacial score (nSPS) is 9.95. The molecule has 0 saturated heterocycles. The molecule has 1 aromatic carbocycles. The average Bonchev–Trinajstić information content (AvgIpc) is 2.81. The van der Waals surface area contributed by atoms with E-state index >= 15 is 0 Å². The van der Waals surface area contributed by atoms with Crippen molar-refractivity contribution in [2.45, 2.75) is 6.92 Å². The Labute approximate surface area is 113 Å². The largest absolute Gasteiger partial charge is 0.478 e. The van der Waals surface area contributed by atoms with Crippen LogP contribution in [0, 0.1) is 6.92 Å². The summed E-state index contributed by atoms with van der Waals surface area (Å²) in [7, 11) is 0. The fourth-order valence-corrected chi connectivity index (χ4v) is 2.26. The van der Waals surface area contributed by atoms with Gasteiger partial charge in [-0.05, 0) is 30.0 Å². The van der Waals surface area contributed by atoms with E-state index in [1.54, 1.807) is 36.6 Å². The Bertz CT molecular complexity index is 608. The quantitative estimate of drug-likeness (QED) is 0.804. The van der Waals surface area contributed by atoms with Gasteiger partial charge in [-0.25, -0.2) is 9.59 Å². The summed E-state index contributed by atoms with van der Waals surface area (Å²) < 4.78 is 0. The summed E-state index contributed by atoms with van der Waals surface area (Å²) in [6, 6.07) is 6.24. The maximum atomic E-state index is 11.8. The van der Waals surface area contributed by atoms with Crippen LogP contribution in [-0.4, -0.2) is 17.1 Å². The predicted molar refractivity (Wildman–Crippen MR) is 75.1 cm³/mol. The lowest BCUT2D eigenvalue weighted by Gasteiger charge is -2.10. The monoisotopic (exact) mass is 276 g/mol. The van der Waals surface area contributed by atoms with Crippen LogP contribution in [0.4, 0.5) is 16.2 Å². The number of rotatable bonds is 3. The summed E-state index contributed by atoms with van der Waals surface area (Å²) in [6.45, 7) is 1.69. The van der Waals surface area contributed by atoms with Crippen LogP contribution in [0.2, 0.25) is 0 Å². The fourth-order valence-electron chi connectivity index (χ4n) is 1.68. The zero-order chi connectivity index (χ0) is 13.8. The van der Waals surface area contributed by atoms with E-state index < -0.39 is 12.0 Å². The summed E-state index contributed by atoms with van der Waals surface area (Å²) in [5.41, 5.74) is 1.65. The number of nitrogens with one attached hydrogen (secondary N) is 2. The minimum absolute atomic E-state index is 0.1000. The molecule has 19 heavy (non-hydrogen) atoms. The second kappa shape index (κ2) is 5.53. The highest BCUT2D eigenvalue weighted by Gasteiger charge is 2.14. The van der Waals surface area contributed by atoms with E-state index in [1.807, 2.05) is 5.38 Å². The molecule has 1 heterocycles. The third-order valence-corrected chi connectivity index (χ3v) is 3.20. The molecule has 2 amide bonds. The maximum Gasteiger partial charge on any atom is 0.338 e. The highest BCUT2D eigenvalue weighted by molar-refractivity contribution is 7.08. The van der Waals surface area contributed by atoms with E-state index in [-0.39, 0.29) is 11.3 Å². The van der Waals surface area contributed by atoms with Gasteiger partial charge in [0.1, 0.15) is 0 Å². The number of hydrogen-bond acceptors (Lipinski definition) is 3. The molecule has 0 spiro atoms. The summed E-state index contributed by atoms with van der Waals surface area (Å²) in [5, 5.41) is 17.9. The first-order chi connectivity index (χ1) is 9.08. The molecular formula is C13H12N2O3S. The van der Waals surface area contributed by atoms with E-state index in [0.717, 1.165) is 0 Å². The van der Waals surface area contributed by atoms with Crippen molar-refractivity contribution in [3.63, 3.8) is 0 Å². The van der Waals surface area contributed by atoms with Crippen molar-refractivity contribution in [1.29, 1.82) is 0 Å². The number of carboxylic acids is 1. The van der Waals surface area contributed by atoms with Gasteiger partial charge in [-0.15, -0.1) is 0 Å². The van der Waals surface area contributed by atoms with Crippen molar-refractivity contribution in [1.82, 2.24) is 0 Å². The first kappa shape index (κ1) is 13.1. The average molecular weight is 276 g/mol. The molecule has 0 bridgehead atoms. The number of benzene rings is 1. The van der Waals surface area contributed by atoms with Crippen molar-refractivity contribution >= 4 is 34.7 Å². The van der Waals surface area contributed by atoms with Crippen molar-refractivity contribution < 1.29 is 14.7 Å². The van der Waals surface area contributed by atoms with Crippen molar-refractivity contribution in [2.24, 2.45) is 0 Å². The topological polar surface area (TPSA) is 78.4 Å². The Balaban J connectivity index is 2.17. The van der Waals surface area contributed by atoms with Gasteiger partial charge in [-0.1, -0.05) is 12.1 Å². The molecule has 3 N–H and O–H groups in total. The van der Waals surface area contributed by atoms with Gasteiger partial charge < -0.3 is 15.7 Å². The SMILES string of the molecule is Cc1cccc(NC(=O)Nc2ccsc2)c1C(=O)O. The molecule has 2 aromatic rings. The summed E-state index contributed by atoms with van der Waals surface area (Å²) >= 11 is 1.46. The highest BCUT2D eigenvalue weighted by Crippen LogP contribution is 2.20. The minimum Gasteiger partial charge on any atom is -0.478 e. The lowest BCUT2D eigenvalue weighted by atomic mass is 10.1. The molecule has 0 saturated carbocycles. The molecule has 6 heteroatoms. The van der Waals surface area contributed by atoms with Gasteiger partial charge >= 0.3 is 12.0 Å². The van der Waals surface area contributed by atoms with E-state index in [0.29, 0.717) is 11.3 Å². The van der Waals surface area contributed by atoms with Crippen LogP contribution in [0.3, 0.4) is 0 Å². The number of aromatic carboxylic acids is 1. The van der Waals surface area contributed by atoms with Crippen molar-refractivity contribution in [3.05, 3.63) is 46.2 Å². The number of aryl methyl sites for hydroxylation is 1. The number of hydrogen-bond donors (Lipinski definition) is 3. The minimum atomic E-state index is -1.07. The van der Waals surface area contributed by atoms with Crippen molar-refractivity contribution in [2.75, 3.05) is 10.6 Å². The van der Waals surface area contributed by atoms with Crippen LogP contribution < -0.4 is 10.6 Å². The third kappa shape index (κ3) is 3.11. The zero-order valence-electron chi connectivity index (χ0n) is 10.1. The molecule has 0 aliphatic heterocycles. The number of amides is 2. The van der Waals surface area contributed by atoms with Gasteiger partial charge in [-0.2, -0.15) is 11.3 Å². The van der Waals surface area contributed by atoms with E-state index in [9.17, 15) is 9.59 Å². The van der Waals surface area contributed by atoms with Crippen LogP contribution in [0.5, 0.6) is 0 Å². The second-order valence-corrected chi connectivity index (χ2v) is 4.67. The number of carboxylic acid groups (broad SMARTS) is 1. The molecule has 0 atom stereocenters. The molecule has 0 unspecified atom stereocenters. The lowest BCUT2D eigenvalue weighted by Crippen LogP contribution is -2.21. The molecular weight excluding hydrogens is 264 g/mol. The summed E-state index contributed by atoms with van der Waals surface area (Å²) in [6.07, 6.45) is 0. The van der Waals surface area contributed by atoms with Crippen molar-refractivity contribution in [3.8, 4) is 0 Å². The molecule has 5 nitrogen and oxygen atoms in total. The molecule has 1 aromatic heterocycles. The maximum absolute atomic E-state index is 11.8. The molecule has 0 aliphatic rings. The number of carbonyl (C=O) groups excluding carboxylic acids is 1. The van der Waals surface area contributed by atoms with E-state index in [4.69, 9.17) is 5.11 Å². The Hall–Kier alpha value is -2.34. The second-order valence-electron chi connectivity index (χ2n) is 3.89. The Kier molecular flexibility index (Phi) is 3.82. The lowest BCUT2D eigenvalue weighted by molar-refractivity contribution is 0.0697. The smallest absolute Gasteiger partial charge is 0.338 e. The van der Waals surface area contributed by atoms with Gasteiger partial charge in [-0.3, -0.25) is 0 Å². The zero-order valence-corrected chi connectivity index (χ0v) is 11.0. The number of urea groups is 1. The standard InChI is InChI=1S/C13H12N2O3S/c1-8-3-2-4-10(11(8)12(16)17)15-13(18)14-9-5-6-19-7-9/h2-7H,1H3,(H,16,17)(H2,14,15,18).